The fraction of sp³-hybridized carbons (Fsp3) is 0.222. The molecule has 27 heavy (non-hydrogen) atoms. The number of rotatable bonds is 9. The number of hydrogen-bond donors (Lipinski definition) is 2. The van der Waals surface area contributed by atoms with Gasteiger partial charge in [0.15, 0.2) is 6.61 Å². The fourth-order valence-electron chi connectivity index (χ4n) is 2.16. The number of carbonyl (C=O) groups is 2. The summed E-state index contributed by atoms with van der Waals surface area (Å²) in [5.74, 6) is -0.752. The minimum atomic E-state index is -3.57. The number of esters is 1. The summed E-state index contributed by atoms with van der Waals surface area (Å²) in [4.78, 5) is 22.9. The Labute approximate surface area is 157 Å². The lowest BCUT2D eigenvalue weighted by atomic mass is 10.2. The topological polar surface area (TPSA) is 125 Å². The van der Waals surface area contributed by atoms with Crippen molar-refractivity contribution in [2.75, 3.05) is 13.2 Å². The van der Waals surface area contributed by atoms with Crippen molar-refractivity contribution in [2.45, 2.75) is 18.4 Å². The number of primary amides is 1. The van der Waals surface area contributed by atoms with Crippen LogP contribution in [0.15, 0.2) is 53.4 Å². The van der Waals surface area contributed by atoms with Crippen LogP contribution in [0, 0.1) is 0 Å². The predicted octanol–water partition coefficient (Wildman–Crippen LogP) is 1.21. The van der Waals surface area contributed by atoms with E-state index in [4.69, 9.17) is 15.2 Å². The first kappa shape index (κ1) is 20.4. The number of hydrogen-bond acceptors (Lipinski definition) is 6. The highest BCUT2D eigenvalue weighted by Gasteiger charge is 2.14. The molecular weight excluding hydrogens is 372 g/mol. The Balaban J connectivity index is 1.98. The van der Waals surface area contributed by atoms with Gasteiger partial charge in [-0.15, -0.1) is 0 Å². The number of ether oxygens (including phenoxy) is 2. The van der Waals surface area contributed by atoms with Gasteiger partial charge in [0, 0.05) is 6.54 Å². The zero-order chi connectivity index (χ0) is 19.9. The summed E-state index contributed by atoms with van der Waals surface area (Å²) >= 11 is 0. The number of amides is 1. The molecule has 0 bridgehead atoms. The van der Waals surface area contributed by atoms with E-state index in [1.165, 1.54) is 24.3 Å². The quantitative estimate of drug-likeness (QED) is 0.618. The Morgan fingerprint density at radius 1 is 1.11 bits per heavy atom. The first-order valence-corrected chi connectivity index (χ1v) is 9.57. The fourth-order valence-corrected chi connectivity index (χ4v) is 3.20. The molecule has 0 aliphatic rings. The van der Waals surface area contributed by atoms with Crippen LogP contribution >= 0.6 is 0 Å². The standard InChI is InChI=1S/C18H20N2O6S/c1-2-20-27(23,24)16-8-6-14(7-9-16)18(22)26-11-13-4-3-5-15(10-13)25-12-17(19)21/h3-10,20H,2,11-12H2,1H3,(H2,19,21). The summed E-state index contributed by atoms with van der Waals surface area (Å²) in [5, 5.41) is 0. The SMILES string of the molecule is CCNS(=O)(=O)c1ccc(C(=O)OCc2cccc(OCC(N)=O)c2)cc1. The van der Waals surface area contributed by atoms with Gasteiger partial charge in [-0.05, 0) is 42.0 Å². The van der Waals surface area contributed by atoms with Gasteiger partial charge >= 0.3 is 5.97 Å². The second-order valence-electron chi connectivity index (χ2n) is 5.50. The zero-order valence-corrected chi connectivity index (χ0v) is 15.5. The second-order valence-corrected chi connectivity index (χ2v) is 7.27. The predicted molar refractivity (Wildman–Crippen MR) is 97.6 cm³/mol. The molecule has 144 valence electrons. The van der Waals surface area contributed by atoms with Crippen molar-refractivity contribution in [3.63, 3.8) is 0 Å². The van der Waals surface area contributed by atoms with Crippen molar-refractivity contribution >= 4 is 21.9 Å². The Bertz CT molecular complexity index is 910. The summed E-state index contributed by atoms with van der Waals surface area (Å²) in [6.07, 6.45) is 0. The molecule has 0 atom stereocenters. The van der Waals surface area contributed by atoms with Gasteiger partial charge in [0.1, 0.15) is 12.4 Å². The maximum Gasteiger partial charge on any atom is 0.338 e. The van der Waals surface area contributed by atoms with Gasteiger partial charge in [-0.25, -0.2) is 17.9 Å². The van der Waals surface area contributed by atoms with Crippen LogP contribution < -0.4 is 15.2 Å². The van der Waals surface area contributed by atoms with Crippen LogP contribution in [0.25, 0.3) is 0 Å². The van der Waals surface area contributed by atoms with Crippen molar-refractivity contribution in [1.82, 2.24) is 4.72 Å². The molecule has 0 fully saturated rings. The molecule has 0 heterocycles. The van der Waals surface area contributed by atoms with Crippen LogP contribution in [0.3, 0.4) is 0 Å². The van der Waals surface area contributed by atoms with Crippen LogP contribution in [0.4, 0.5) is 0 Å². The maximum atomic E-state index is 12.1. The molecule has 0 aliphatic heterocycles. The third-order valence-corrected chi connectivity index (χ3v) is 4.95. The number of nitrogens with two attached hydrogens (primary N) is 1. The molecule has 3 N–H and O–H groups in total. The molecule has 9 heteroatoms. The number of carbonyl (C=O) groups excluding carboxylic acids is 2. The Morgan fingerprint density at radius 2 is 1.81 bits per heavy atom. The van der Waals surface area contributed by atoms with E-state index in [-0.39, 0.29) is 30.2 Å². The summed E-state index contributed by atoms with van der Waals surface area (Å²) in [6, 6.07) is 12.2. The molecule has 0 saturated carbocycles. The van der Waals surface area contributed by atoms with Crippen LogP contribution in [0.5, 0.6) is 5.75 Å². The van der Waals surface area contributed by atoms with Crippen molar-refractivity contribution < 1.29 is 27.5 Å². The molecule has 0 radical (unpaired) electrons. The van der Waals surface area contributed by atoms with Gasteiger partial charge in [0.2, 0.25) is 10.0 Å². The summed E-state index contributed by atoms with van der Waals surface area (Å²) < 4.78 is 36.5. The molecule has 2 aromatic carbocycles. The molecule has 2 rings (SSSR count). The van der Waals surface area contributed by atoms with E-state index in [9.17, 15) is 18.0 Å². The van der Waals surface area contributed by atoms with Crippen LogP contribution in [0.2, 0.25) is 0 Å². The van der Waals surface area contributed by atoms with Crippen molar-refractivity contribution in [3.05, 3.63) is 59.7 Å². The van der Waals surface area contributed by atoms with E-state index in [2.05, 4.69) is 4.72 Å². The maximum absolute atomic E-state index is 12.1. The van der Waals surface area contributed by atoms with E-state index >= 15 is 0 Å². The normalized spacial score (nSPS) is 11.0. The van der Waals surface area contributed by atoms with Crippen LogP contribution in [-0.2, 0) is 26.2 Å². The first-order chi connectivity index (χ1) is 12.8. The lowest BCUT2D eigenvalue weighted by Gasteiger charge is -2.08. The van der Waals surface area contributed by atoms with E-state index in [1.54, 1.807) is 31.2 Å². The monoisotopic (exact) mass is 392 g/mol. The molecule has 1 amide bonds. The van der Waals surface area contributed by atoms with E-state index < -0.39 is 21.9 Å². The molecule has 8 nitrogen and oxygen atoms in total. The summed E-state index contributed by atoms with van der Waals surface area (Å²) in [7, 11) is -3.57. The van der Waals surface area contributed by atoms with Gasteiger partial charge in [-0.1, -0.05) is 19.1 Å². The molecule has 2 aromatic rings. The van der Waals surface area contributed by atoms with Gasteiger partial charge < -0.3 is 15.2 Å². The average molecular weight is 392 g/mol. The minimum absolute atomic E-state index is 0.00988. The zero-order valence-electron chi connectivity index (χ0n) is 14.7. The van der Waals surface area contributed by atoms with Gasteiger partial charge in [-0.3, -0.25) is 4.79 Å². The van der Waals surface area contributed by atoms with Crippen LogP contribution in [-0.4, -0.2) is 33.4 Å². The molecule has 0 spiro atoms. The van der Waals surface area contributed by atoms with E-state index in [0.717, 1.165) is 0 Å². The Kier molecular flexibility index (Phi) is 6.91. The summed E-state index contributed by atoms with van der Waals surface area (Å²) in [6.45, 7) is 1.70. The van der Waals surface area contributed by atoms with Gasteiger partial charge in [0.25, 0.3) is 5.91 Å². The molecular formula is C18H20N2O6S. The highest BCUT2D eigenvalue weighted by atomic mass is 32.2. The molecule has 0 aromatic heterocycles. The summed E-state index contributed by atoms with van der Waals surface area (Å²) in [5.41, 5.74) is 5.91. The molecule has 0 aliphatic carbocycles. The van der Waals surface area contributed by atoms with Crippen LogP contribution in [0.1, 0.15) is 22.8 Å². The third-order valence-electron chi connectivity index (χ3n) is 3.38. The second kappa shape index (κ2) is 9.15. The first-order valence-electron chi connectivity index (χ1n) is 8.08. The van der Waals surface area contributed by atoms with Crippen molar-refractivity contribution in [2.24, 2.45) is 5.73 Å². The lowest BCUT2D eigenvalue weighted by molar-refractivity contribution is -0.119. The number of benzene rings is 2. The third kappa shape index (κ3) is 6.08. The average Bonchev–Trinajstić information content (AvgIpc) is 2.65. The molecule has 0 unspecified atom stereocenters. The van der Waals surface area contributed by atoms with E-state index in [0.29, 0.717) is 11.3 Å². The smallest absolute Gasteiger partial charge is 0.338 e. The minimum Gasteiger partial charge on any atom is -0.484 e. The highest BCUT2D eigenvalue weighted by Crippen LogP contribution is 2.16. The molecule has 0 saturated heterocycles. The number of sulfonamides is 1. The van der Waals surface area contributed by atoms with Crippen molar-refractivity contribution in [3.8, 4) is 5.75 Å². The van der Waals surface area contributed by atoms with Gasteiger partial charge in [-0.2, -0.15) is 0 Å². The Morgan fingerprint density at radius 3 is 2.44 bits per heavy atom. The van der Waals surface area contributed by atoms with E-state index in [1.807, 2.05) is 0 Å². The highest BCUT2D eigenvalue weighted by molar-refractivity contribution is 7.89. The number of nitrogens with one attached hydrogen (secondary N) is 1. The Hall–Kier alpha value is -2.91. The lowest BCUT2D eigenvalue weighted by Crippen LogP contribution is -2.23. The van der Waals surface area contributed by atoms with Crippen molar-refractivity contribution in [1.29, 1.82) is 0 Å². The largest absolute Gasteiger partial charge is 0.484 e. The van der Waals surface area contributed by atoms with Gasteiger partial charge in [0.05, 0.1) is 10.5 Å².